The lowest BCUT2D eigenvalue weighted by atomic mass is 9.92. The van der Waals surface area contributed by atoms with Crippen molar-refractivity contribution in [1.82, 2.24) is 10.2 Å². The first kappa shape index (κ1) is 16.1. The third-order valence-corrected chi connectivity index (χ3v) is 3.89. The van der Waals surface area contributed by atoms with Gasteiger partial charge in [-0.05, 0) is 33.6 Å². The number of carbonyl (C=O) groups is 2. The molecule has 1 heterocycles. The number of alkyl carbamates (subject to hydrolysis) is 1. The minimum atomic E-state index is -0.562. The van der Waals surface area contributed by atoms with Gasteiger partial charge in [0.2, 0.25) is 5.91 Å². The van der Waals surface area contributed by atoms with Crippen LogP contribution in [0.25, 0.3) is 0 Å². The molecule has 1 atom stereocenters. The highest BCUT2D eigenvalue weighted by Gasteiger charge is 2.34. The number of carbonyl (C=O) groups excluding carboxylic acids is 2. The summed E-state index contributed by atoms with van der Waals surface area (Å²) in [6.07, 6.45) is 1.32. The van der Waals surface area contributed by atoms with E-state index in [-0.39, 0.29) is 17.8 Å². The summed E-state index contributed by atoms with van der Waals surface area (Å²) in [6.45, 7) is 7.04. The molecule has 1 rings (SSSR count). The molecular weight excluding hydrogens is 268 g/mol. The standard InChI is InChI=1S/C13H23ClN2O3/c1-4-19-12(18)15-10-6-5-7-16(8-10)11(17)13(2,3)9-14/h10H,4-9H2,1-3H3,(H,15,18). The molecule has 1 aliphatic heterocycles. The molecule has 0 saturated carbocycles. The van der Waals surface area contributed by atoms with Crippen molar-refractivity contribution in [1.29, 1.82) is 0 Å². The van der Waals surface area contributed by atoms with E-state index in [4.69, 9.17) is 16.3 Å². The number of likely N-dealkylation sites (tertiary alicyclic amines) is 1. The zero-order valence-corrected chi connectivity index (χ0v) is 12.6. The highest BCUT2D eigenvalue weighted by Crippen LogP contribution is 2.23. The van der Waals surface area contributed by atoms with Crippen LogP contribution in [-0.4, -0.2) is 48.5 Å². The van der Waals surface area contributed by atoms with Crippen molar-refractivity contribution in [3.8, 4) is 0 Å². The second-order valence-electron chi connectivity index (χ2n) is 5.47. The predicted octanol–water partition coefficient (Wildman–Crippen LogP) is 1.99. The van der Waals surface area contributed by atoms with Crippen LogP contribution in [0, 0.1) is 5.41 Å². The molecule has 1 saturated heterocycles. The van der Waals surface area contributed by atoms with Gasteiger partial charge in [0.25, 0.3) is 0 Å². The van der Waals surface area contributed by atoms with Crippen LogP contribution in [0.2, 0.25) is 0 Å². The maximum atomic E-state index is 12.3. The van der Waals surface area contributed by atoms with Gasteiger partial charge in [-0.3, -0.25) is 4.79 Å². The van der Waals surface area contributed by atoms with E-state index in [0.29, 0.717) is 13.2 Å². The van der Waals surface area contributed by atoms with Crippen molar-refractivity contribution in [3.05, 3.63) is 0 Å². The monoisotopic (exact) mass is 290 g/mol. The molecule has 2 amide bonds. The Labute approximate surface area is 119 Å². The van der Waals surface area contributed by atoms with E-state index in [2.05, 4.69) is 5.32 Å². The smallest absolute Gasteiger partial charge is 0.407 e. The summed E-state index contributed by atoms with van der Waals surface area (Å²) in [7, 11) is 0. The number of piperidine rings is 1. The molecule has 0 aromatic carbocycles. The zero-order valence-electron chi connectivity index (χ0n) is 11.9. The van der Waals surface area contributed by atoms with Crippen LogP contribution in [0.3, 0.4) is 0 Å². The highest BCUT2D eigenvalue weighted by atomic mass is 35.5. The molecule has 5 nitrogen and oxygen atoms in total. The molecular formula is C13H23ClN2O3. The summed E-state index contributed by atoms with van der Waals surface area (Å²) >= 11 is 5.83. The van der Waals surface area contributed by atoms with Gasteiger partial charge in [0.05, 0.1) is 12.0 Å². The van der Waals surface area contributed by atoms with Gasteiger partial charge in [-0.2, -0.15) is 0 Å². The quantitative estimate of drug-likeness (QED) is 0.806. The van der Waals surface area contributed by atoms with Crippen LogP contribution >= 0.6 is 11.6 Å². The molecule has 0 aromatic rings. The molecule has 0 radical (unpaired) electrons. The first-order chi connectivity index (χ1) is 8.90. The molecule has 6 heteroatoms. The van der Waals surface area contributed by atoms with Crippen molar-refractivity contribution in [3.63, 3.8) is 0 Å². The van der Waals surface area contributed by atoms with Crippen LogP contribution in [0.1, 0.15) is 33.6 Å². The van der Waals surface area contributed by atoms with E-state index in [1.807, 2.05) is 13.8 Å². The van der Waals surface area contributed by atoms with Gasteiger partial charge < -0.3 is 15.0 Å². The topological polar surface area (TPSA) is 58.6 Å². The van der Waals surface area contributed by atoms with Crippen LogP contribution < -0.4 is 5.32 Å². The number of rotatable bonds is 4. The van der Waals surface area contributed by atoms with Crippen molar-refractivity contribution >= 4 is 23.6 Å². The second-order valence-corrected chi connectivity index (χ2v) is 5.74. The van der Waals surface area contributed by atoms with Gasteiger partial charge in [0.1, 0.15) is 0 Å². The van der Waals surface area contributed by atoms with Gasteiger partial charge in [-0.15, -0.1) is 11.6 Å². The number of ether oxygens (including phenoxy) is 1. The number of nitrogens with zero attached hydrogens (tertiary/aromatic N) is 1. The summed E-state index contributed by atoms with van der Waals surface area (Å²) in [6, 6.07) is -0.0390. The summed E-state index contributed by atoms with van der Waals surface area (Å²) < 4.78 is 4.85. The summed E-state index contributed by atoms with van der Waals surface area (Å²) in [5, 5.41) is 2.79. The first-order valence-corrected chi connectivity index (χ1v) is 7.22. The predicted molar refractivity (Wildman–Crippen MR) is 74.3 cm³/mol. The average molecular weight is 291 g/mol. The van der Waals surface area contributed by atoms with Gasteiger partial charge in [0.15, 0.2) is 0 Å². The van der Waals surface area contributed by atoms with Crippen molar-refractivity contribution in [2.75, 3.05) is 25.6 Å². The molecule has 0 spiro atoms. The summed E-state index contributed by atoms with van der Waals surface area (Å²) in [5.74, 6) is 0.330. The van der Waals surface area contributed by atoms with Crippen LogP contribution in [0.15, 0.2) is 0 Å². The third-order valence-electron chi connectivity index (χ3n) is 3.22. The maximum absolute atomic E-state index is 12.3. The molecule has 1 aliphatic rings. The lowest BCUT2D eigenvalue weighted by Crippen LogP contribution is -2.52. The molecule has 0 bridgehead atoms. The largest absolute Gasteiger partial charge is 0.450 e. The van der Waals surface area contributed by atoms with Crippen LogP contribution in [-0.2, 0) is 9.53 Å². The Morgan fingerprint density at radius 2 is 2.16 bits per heavy atom. The second kappa shape index (κ2) is 6.98. The Balaban J connectivity index is 2.55. The number of halogens is 1. The van der Waals surface area contributed by atoms with Crippen molar-refractivity contribution < 1.29 is 14.3 Å². The van der Waals surface area contributed by atoms with Gasteiger partial charge in [0, 0.05) is 25.0 Å². The first-order valence-electron chi connectivity index (χ1n) is 6.69. The van der Waals surface area contributed by atoms with Gasteiger partial charge in [-0.25, -0.2) is 4.79 Å². The number of amides is 2. The number of nitrogens with one attached hydrogen (secondary N) is 1. The fourth-order valence-electron chi connectivity index (χ4n) is 2.10. The Bertz CT molecular complexity index is 334. The minimum Gasteiger partial charge on any atom is -0.450 e. The van der Waals surface area contributed by atoms with Crippen LogP contribution in [0.4, 0.5) is 4.79 Å². The van der Waals surface area contributed by atoms with E-state index in [0.717, 1.165) is 19.4 Å². The van der Waals surface area contributed by atoms with Crippen LogP contribution in [0.5, 0.6) is 0 Å². The Kier molecular flexibility index (Phi) is 5.91. The van der Waals surface area contributed by atoms with Crippen molar-refractivity contribution in [2.45, 2.75) is 39.7 Å². The number of alkyl halides is 1. The summed E-state index contributed by atoms with van der Waals surface area (Å²) in [4.78, 5) is 25.5. The van der Waals surface area contributed by atoms with Gasteiger partial charge in [-0.1, -0.05) is 0 Å². The maximum Gasteiger partial charge on any atom is 0.407 e. The molecule has 1 N–H and O–H groups in total. The van der Waals surface area contributed by atoms with E-state index in [1.165, 1.54) is 0 Å². The minimum absolute atomic E-state index is 0.0390. The Morgan fingerprint density at radius 1 is 1.47 bits per heavy atom. The SMILES string of the molecule is CCOC(=O)NC1CCCN(C(=O)C(C)(C)CCl)C1. The fourth-order valence-corrected chi connectivity index (χ4v) is 2.22. The zero-order chi connectivity index (χ0) is 14.5. The Hall–Kier alpha value is -0.970. The molecule has 0 aliphatic carbocycles. The Morgan fingerprint density at radius 3 is 2.74 bits per heavy atom. The average Bonchev–Trinajstić information content (AvgIpc) is 2.38. The number of hydrogen-bond donors (Lipinski definition) is 1. The molecule has 1 unspecified atom stereocenters. The van der Waals surface area contributed by atoms with Gasteiger partial charge >= 0.3 is 6.09 Å². The highest BCUT2D eigenvalue weighted by molar-refractivity contribution is 6.19. The van der Waals surface area contributed by atoms with E-state index in [1.54, 1.807) is 11.8 Å². The third kappa shape index (κ3) is 4.56. The normalized spacial score (nSPS) is 20.0. The van der Waals surface area contributed by atoms with Crippen molar-refractivity contribution in [2.24, 2.45) is 5.41 Å². The van der Waals surface area contributed by atoms with E-state index < -0.39 is 11.5 Å². The lowest BCUT2D eigenvalue weighted by molar-refractivity contribution is -0.140. The molecule has 19 heavy (non-hydrogen) atoms. The lowest BCUT2D eigenvalue weighted by Gasteiger charge is -2.37. The molecule has 0 aromatic heterocycles. The fraction of sp³-hybridized carbons (Fsp3) is 0.846. The number of hydrogen-bond acceptors (Lipinski definition) is 3. The van der Waals surface area contributed by atoms with E-state index >= 15 is 0 Å². The molecule has 110 valence electrons. The molecule has 1 fully saturated rings. The summed E-state index contributed by atoms with van der Waals surface area (Å²) in [5.41, 5.74) is -0.562. The van der Waals surface area contributed by atoms with E-state index in [9.17, 15) is 9.59 Å².